The number of rotatable bonds is 20. The number of nitrogens with zero attached hydrogens (tertiary/aromatic N) is 1. The molecule has 0 bridgehead atoms. The Balaban J connectivity index is 2.35. The lowest BCUT2D eigenvalue weighted by Gasteiger charge is -2.35. The second kappa shape index (κ2) is 19.5. The normalized spacial score (nSPS) is 15.1. The summed E-state index contributed by atoms with van der Waals surface area (Å²) in [6.45, 7) is 11.3. The predicted molar refractivity (Wildman–Crippen MR) is 183 cm³/mol. The number of aromatic nitrogens is 1. The lowest BCUT2D eigenvalue weighted by molar-refractivity contribution is -0.137. The molecular weight excluding hydrogens is 620 g/mol. The minimum absolute atomic E-state index is 0.0581. The van der Waals surface area contributed by atoms with Crippen LogP contribution in [0.3, 0.4) is 0 Å². The molecule has 262 valence electrons. The van der Waals surface area contributed by atoms with Gasteiger partial charge in [-0.25, -0.2) is 8.42 Å². The second-order valence-electron chi connectivity index (χ2n) is 13.0. The Morgan fingerprint density at radius 1 is 0.851 bits per heavy atom. The zero-order valence-electron chi connectivity index (χ0n) is 28.6. The van der Waals surface area contributed by atoms with Gasteiger partial charge in [0.1, 0.15) is 12.1 Å². The number of amides is 3. The molecule has 0 aliphatic rings. The summed E-state index contributed by atoms with van der Waals surface area (Å²) in [5.74, 6) is -4.01. The van der Waals surface area contributed by atoms with E-state index >= 15 is 0 Å². The van der Waals surface area contributed by atoms with Gasteiger partial charge in [-0.15, -0.1) is 0 Å². The topological polar surface area (TPSA) is 175 Å². The maximum atomic E-state index is 13.9. The number of hydrogen-bond acceptors (Lipinski definition) is 8. The molecule has 1 aromatic heterocycles. The summed E-state index contributed by atoms with van der Waals surface area (Å²) in [5.41, 5.74) is 1.02. The molecule has 0 spiro atoms. The third-order valence-electron chi connectivity index (χ3n) is 8.19. The van der Waals surface area contributed by atoms with E-state index in [0.29, 0.717) is 25.7 Å². The van der Waals surface area contributed by atoms with E-state index in [9.17, 15) is 33.0 Å². The third-order valence-corrected chi connectivity index (χ3v) is 10.5. The van der Waals surface area contributed by atoms with E-state index in [4.69, 9.17) is 0 Å². The van der Waals surface area contributed by atoms with E-state index in [0.717, 1.165) is 5.56 Å². The molecule has 1 aromatic carbocycles. The Hall–Kier alpha value is -3.35. The monoisotopic (exact) mass is 674 g/mol. The van der Waals surface area contributed by atoms with Crippen LogP contribution in [0.5, 0.6) is 0 Å². The highest BCUT2D eigenvalue weighted by atomic mass is 32.2. The van der Waals surface area contributed by atoms with Gasteiger partial charge in [-0.05, 0) is 48.8 Å². The molecule has 0 radical (unpaired) electrons. The molecule has 11 nitrogen and oxygen atoms in total. The number of pyridine rings is 1. The van der Waals surface area contributed by atoms with Crippen LogP contribution in [0.2, 0.25) is 0 Å². The lowest BCUT2D eigenvalue weighted by Crippen LogP contribution is -2.59. The van der Waals surface area contributed by atoms with Crippen LogP contribution in [0.4, 0.5) is 0 Å². The predicted octanol–water partition coefficient (Wildman–Crippen LogP) is 3.40. The summed E-state index contributed by atoms with van der Waals surface area (Å²) < 4.78 is 27.1. The number of sulfone groups is 1. The molecule has 2 rings (SSSR count). The van der Waals surface area contributed by atoms with Crippen LogP contribution in [-0.4, -0.2) is 76.6 Å². The molecule has 5 atom stereocenters. The fraction of sp³-hybridized carbons (Fsp3) is 0.600. The molecular formula is C35H54N4O7S. The first-order chi connectivity index (χ1) is 22.2. The van der Waals surface area contributed by atoms with Gasteiger partial charge in [-0.2, -0.15) is 0 Å². The lowest BCUT2D eigenvalue weighted by atomic mass is 9.83. The summed E-state index contributed by atoms with van der Waals surface area (Å²) >= 11 is 0. The van der Waals surface area contributed by atoms with Gasteiger partial charge in [-0.3, -0.25) is 19.4 Å². The van der Waals surface area contributed by atoms with Crippen molar-refractivity contribution in [3.05, 3.63) is 66.0 Å². The molecule has 0 aliphatic heterocycles. The zero-order valence-corrected chi connectivity index (χ0v) is 29.4. The number of aliphatic hydroxyl groups excluding tert-OH is 2. The molecule has 47 heavy (non-hydrogen) atoms. The largest absolute Gasteiger partial charge is 0.390 e. The van der Waals surface area contributed by atoms with Crippen molar-refractivity contribution in [3.63, 3.8) is 0 Å². The van der Waals surface area contributed by atoms with Crippen molar-refractivity contribution in [3.8, 4) is 0 Å². The fourth-order valence-electron chi connectivity index (χ4n) is 5.72. The number of benzene rings is 1. The molecule has 3 amide bonds. The summed E-state index contributed by atoms with van der Waals surface area (Å²) in [5, 5.41) is 30.3. The van der Waals surface area contributed by atoms with E-state index in [1.165, 1.54) is 18.5 Å². The van der Waals surface area contributed by atoms with E-state index in [-0.39, 0.29) is 30.4 Å². The van der Waals surface area contributed by atoms with Crippen LogP contribution in [0.1, 0.15) is 89.6 Å². The van der Waals surface area contributed by atoms with Crippen molar-refractivity contribution in [1.82, 2.24) is 20.9 Å². The summed E-state index contributed by atoms with van der Waals surface area (Å²) in [4.78, 5) is 44.2. The second-order valence-corrected chi connectivity index (χ2v) is 15.3. The van der Waals surface area contributed by atoms with Crippen LogP contribution in [0, 0.1) is 17.8 Å². The molecule has 0 aliphatic carbocycles. The smallest absolute Gasteiger partial charge is 0.253 e. The quantitative estimate of drug-likeness (QED) is 0.142. The van der Waals surface area contributed by atoms with Crippen molar-refractivity contribution < 1.29 is 33.0 Å². The molecule has 1 heterocycles. The van der Waals surface area contributed by atoms with Crippen LogP contribution in [-0.2, 0) is 26.0 Å². The Morgan fingerprint density at radius 3 is 2.02 bits per heavy atom. The van der Waals surface area contributed by atoms with Crippen molar-refractivity contribution >= 4 is 27.6 Å². The van der Waals surface area contributed by atoms with Gasteiger partial charge in [0.25, 0.3) is 5.91 Å². The first-order valence-electron chi connectivity index (χ1n) is 16.6. The van der Waals surface area contributed by atoms with E-state index in [1.807, 2.05) is 58.0 Å². The van der Waals surface area contributed by atoms with Gasteiger partial charge in [-0.1, -0.05) is 84.7 Å². The van der Waals surface area contributed by atoms with E-state index in [2.05, 4.69) is 20.9 Å². The first-order valence-corrected chi connectivity index (χ1v) is 18.3. The molecule has 0 saturated heterocycles. The first kappa shape index (κ1) is 39.8. The molecule has 0 saturated carbocycles. The van der Waals surface area contributed by atoms with Crippen molar-refractivity contribution in [1.29, 1.82) is 0 Å². The minimum atomic E-state index is -3.84. The Morgan fingerprint density at radius 2 is 1.49 bits per heavy atom. The molecule has 5 N–H and O–H groups in total. The van der Waals surface area contributed by atoms with E-state index < -0.39 is 68.8 Å². The summed E-state index contributed by atoms with van der Waals surface area (Å²) in [6.07, 6.45) is 2.00. The number of aliphatic hydroxyl groups is 2. The van der Waals surface area contributed by atoms with Gasteiger partial charge in [0.15, 0.2) is 9.84 Å². The highest BCUT2D eigenvalue weighted by Gasteiger charge is 2.40. The summed E-state index contributed by atoms with van der Waals surface area (Å²) in [6, 6.07) is 9.80. The zero-order chi connectivity index (χ0) is 35.1. The van der Waals surface area contributed by atoms with Crippen molar-refractivity contribution in [2.24, 2.45) is 17.8 Å². The van der Waals surface area contributed by atoms with Gasteiger partial charge in [0.05, 0.1) is 34.6 Å². The average molecular weight is 675 g/mol. The summed E-state index contributed by atoms with van der Waals surface area (Å²) in [7, 11) is -3.84. The van der Waals surface area contributed by atoms with Crippen molar-refractivity contribution in [2.45, 2.75) is 110 Å². The minimum Gasteiger partial charge on any atom is -0.390 e. The Bertz CT molecular complexity index is 1350. The molecule has 0 fully saturated rings. The molecule has 2 aromatic rings. The maximum absolute atomic E-state index is 13.9. The van der Waals surface area contributed by atoms with Crippen molar-refractivity contribution in [2.75, 3.05) is 5.75 Å². The SMILES string of the molecule is CCCC(CCC)S(=O)(=O)CC(NC(=O)c1cccnc1)C(=O)N[C@@H](CC(C)C)[C@@H](O)[C@H](O)[C@H](C(=O)NCc1ccccc1)C(C)C. The van der Waals surface area contributed by atoms with Gasteiger partial charge < -0.3 is 26.2 Å². The number of carbonyl (C=O) groups is 3. The highest BCUT2D eigenvalue weighted by molar-refractivity contribution is 7.92. The van der Waals surface area contributed by atoms with Gasteiger partial charge in [0, 0.05) is 18.9 Å². The third kappa shape index (κ3) is 12.6. The van der Waals surface area contributed by atoms with E-state index in [1.54, 1.807) is 19.9 Å². The maximum Gasteiger partial charge on any atom is 0.253 e. The van der Waals surface area contributed by atoms with Gasteiger partial charge >= 0.3 is 0 Å². The van der Waals surface area contributed by atoms with Crippen LogP contribution >= 0.6 is 0 Å². The standard InChI is InChI=1S/C35H54N4O7S/c1-7-13-27(14-8-2)47(45,46)22-29(39-33(42)26-17-12-18-36-21-26)34(43)38-28(19-23(3)4)31(40)32(41)30(24(5)6)35(44)37-20-25-15-10-9-11-16-25/h9-12,15-18,21,23-24,27-32,40-41H,7-8,13-14,19-20,22H2,1-6H3,(H,37,44)(H,38,43)(H,39,42)/t28-,29?,30+,31+,32+/m0/s1. The van der Waals surface area contributed by atoms with Crippen LogP contribution < -0.4 is 16.0 Å². The molecule has 12 heteroatoms. The average Bonchev–Trinajstić information content (AvgIpc) is 3.03. The number of carbonyl (C=O) groups excluding carboxylic acids is 3. The van der Waals surface area contributed by atoms with Gasteiger partial charge in [0.2, 0.25) is 11.8 Å². The highest BCUT2D eigenvalue weighted by Crippen LogP contribution is 2.23. The fourth-order valence-corrected chi connectivity index (χ4v) is 7.88. The Kier molecular flexibility index (Phi) is 16.5. The van der Waals surface area contributed by atoms with Crippen LogP contribution in [0.25, 0.3) is 0 Å². The molecule has 1 unspecified atom stereocenters. The van der Waals surface area contributed by atoms with Crippen LogP contribution in [0.15, 0.2) is 54.9 Å². The number of nitrogens with one attached hydrogen (secondary N) is 3. The number of hydrogen-bond donors (Lipinski definition) is 5. The Labute approximate surface area is 280 Å².